The molecule has 160 valence electrons. The lowest BCUT2D eigenvalue weighted by molar-refractivity contribution is 0.191. The van der Waals surface area contributed by atoms with Crippen LogP contribution in [0.3, 0.4) is 0 Å². The maximum absolute atomic E-state index is 12.7. The summed E-state index contributed by atoms with van der Waals surface area (Å²) in [5.41, 5.74) is 1.34. The second-order valence-corrected chi connectivity index (χ2v) is 6.48. The smallest absolute Gasteiger partial charge is 0.191 e. The summed E-state index contributed by atoms with van der Waals surface area (Å²) in [5, 5.41) is 0. The summed E-state index contributed by atoms with van der Waals surface area (Å²) in [6, 6.07) is 7.50. The van der Waals surface area contributed by atoms with Crippen LogP contribution in [0.4, 0.5) is 0 Å². The van der Waals surface area contributed by atoms with E-state index >= 15 is 0 Å². The minimum absolute atomic E-state index is 0.649. The van der Waals surface area contributed by atoms with Crippen molar-refractivity contribution in [2.24, 2.45) is 0 Å². The van der Waals surface area contributed by atoms with Gasteiger partial charge in [0.05, 0.1) is 4.90 Å². The van der Waals surface area contributed by atoms with E-state index in [1.165, 1.54) is 0 Å². The van der Waals surface area contributed by atoms with Crippen LogP contribution in [0.1, 0.15) is 33.3 Å². The summed E-state index contributed by atoms with van der Waals surface area (Å²) in [6.07, 6.45) is 17.8. The van der Waals surface area contributed by atoms with Crippen LogP contribution in [0.5, 0.6) is 0 Å². The van der Waals surface area contributed by atoms with Gasteiger partial charge in [-0.05, 0) is 17.2 Å². The van der Waals surface area contributed by atoms with E-state index in [1.807, 2.05) is 88.4 Å². The predicted molar refractivity (Wildman–Crippen MR) is 134 cm³/mol. The van der Waals surface area contributed by atoms with Crippen molar-refractivity contribution in [3.63, 3.8) is 0 Å². The van der Waals surface area contributed by atoms with Gasteiger partial charge in [0.2, 0.25) is 0 Å². The lowest BCUT2D eigenvalue weighted by Gasteiger charge is -2.31. The standard InChI is InChI=1S/C23H22O2S.2C2H6/c1-5-9-15-19(13-7-3)23(20(14-8-4)16-10-6-2)21-17-11-12-18-22(21)26(24)25-23;2*1-2/h5-18H,1-4H2;2*1-2H3/b15-9-,16-10-,19-13+,20-14+;;. The molecule has 1 unspecified atom stereocenters. The molecule has 0 amide bonds. The molecule has 0 saturated heterocycles. The van der Waals surface area contributed by atoms with Crippen molar-refractivity contribution in [2.75, 3.05) is 0 Å². The minimum atomic E-state index is -1.60. The lowest BCUT2D eigenvalue weighted by atomic mass is 9.78. The third-order valence-corrected chi connectivity index (χ3v) is 4.99. The first-order chi connectivity index (χ1) is 14.6. The SMILES string of the molecule is C=C/C=C\C(=C/C=C)C1(C(/C=C\C=C)=C/C=C)OS(=O)c2ccccc21.CC.CC. The largest absolute Gasteiger partial charge is 0.265 e. The molecular formula is C27H34O2S. The highest BCUT2D eigenvalue weighted by Gasteiger charge is 2.48. The molecule has 1 aliphatic rings. The van der Waals surface area contributed by atoms with Gasteiger partial charge < -0.3 is 0 Å². The fourth-order valence-electron chi connectivity index (χ4n) is 2.86. The van der Waals surface area contributed by atoms with Crippen molar-refractivity contribution in [1.82, 2.24) is 0 Å². The van der Waals surface area contributed by atoms with Gasteiger partial charge in [-0.1, -0.05) is 133 Å². The van der Waals surface area contributed by atoms with Gasteiger partial charge in [0, 0.05) is 5.56 Å². The number of hydrogen-bond acceptors (Lipinski definition) is 2. The molecule has 0 aromatic heterocycles. The summed E-state index contributed by atoms with van der Waals surface area (Å²) < 4.78 is 18.9. The van der Waals surface area contributed by atoms with E-state index in [0.29, 0.717) is 4.90 Å². The molecule has 0 spiro atoms. The summed E-state index contributed by atoms with van der Waals surface area (Å²) >= 11 is -1.60. The highest BCUT2D eigenvalue weighted by Crippen LogP contribution is 2.50. The van der Waals surface area contributed by atoms with E-state index in [2.05, 4.69) is 26.3 Å². The van der Waals surface area contributed by atoms with Gasteiger partial charge in [0.1, 0.15) is 0 Å². The highest BCUT2D eigenvalue weighted by atomic mass is 32.2. The van der Waals surface area contributed by atoms with Crippen LogP contribution in [0, 0.1) is 0 Å². The normalized spacial score (nSPS) is 20.5. The topological polar surface area (TPSA) is 26.3 Å². The fourth-order valence-corrected chi connectivity index (χ4v) is 4.04. The number of fused-ring (bicyclic) bond motifs is 1. The molecule has 2 nitrogen and oxygen atoms in total. The maximum Gasteiger partial charge on any atom is 0.191 e. The molecule has 0 aliphatic carbocycles. The zero-order chi connectivity index (χ0) is 23.0. The first kappa shape index (κ1) is 27.2. The van der Waals surface area contributed by atoms with E-state index < -0.39 is 16.7 Å². The highest BCUT2D eigenvalue weighted by molar-refractivity contribution is 7.80. The summed E-state index contributed by atoms with van der Waals surface area (Å²) in [6.45, 7) is 23.1. The maximum atomic E-state index is 12.7. The van der Waals surface area contributed by atoms with Crippen molar-refractivity contribution in [3.05, 3.63) is 128 Å². The monoisotopic (exact) mass is 422 g/mol. The Labute approximate surface area is 185 Å². The molecule has 3 heteroatoms. The third-order valence-electron chi connectivity index (χ3n) is 3.88. The second-order valence-electron chi connectivity index (χ2n) is 5.40. The third kappa shape index (κ3) is 6.12. The van der Waals surface area contributed by atoms with Crippen LogP contribution >= 0.6 is 0 Å². The van der Waals surface area contributed by atoms with Gasteiger partial charge in [-0.25, -0.2) is 4.21 Å². The number of benzene rings is 1. The zero-order valence-electron chi connectivity index (χ0n) is 18.6. The average molecular weight is 423 g/mol. The van der Waals surface area contributed by atoms with Crippen LogP contribution in [-0.4, -0.2) is 4.21 Å². The quantitative estimate of drug-likeness (QED) is 0.401. The van der Waals surface area contributed by atoms with E-state index in [-0.39, 0.29) is 0 Å². The van der Waals surface area contributed by atoms with Gasteiger partial charge in [-0.2, -0.15) is 0 Å². The van der Waals surface area contributed by atoms with Crippen LogP contribution in [0.25, 0.3) is 0 Å². The molecule has 0 N–H and O–H groups in total. The Balaban J connectivity index is 0.00000198. The van der Waals surface area contributed by atoms with Gasteiger partial charge in [-0.15, -0.1) is 0 Å². The Morgan fingerprint density at radius 2 is 1.30 bits per heavy atom. The average Bonchev–Trinajstić information content (AvgIpc) is 3.10. The van der Waals surface area contributed by atoms with Crippen LogP contribution < -0.4 is 0 Å². The molecule has 1 aromatic carbocycles. The molecule has 30 heavy (non-hydrogen) atoms. The van der Waals surface area contributed by atoms with E-state index in [1.54, 1.807) is 24.3 Å². The van der Waals surface area contributed by atoms with Gasteiger partial charge in [0.25, 0.3) is 0 Å². The Morgan fingerprint density at radius 3 is 1.73 bits per heavy atom. The minimum Gasteiger partial charge on any atom is -0.265 e. The molecule has 0 radical (unpaired) electrons. The zero-order valence-corrected chi connectivity index (χ0v) is 19.5. The van der Waals surface area contributed by atoms with E-state index in [9.17, 15) is 4.21 Å². The van der Waals surface area contributed by atoms with Crippen molar-refractivity contribution in [1.29, 1.82) is 0 Å². The van der Waals surface area contributed by atoms with Crippen molar-refractivity contribution >= 4 is 11.1 Å². The van der Waals surface area contributed by atoms with Crippen molar-refractivity contribution in [3.8, 4) is 0 Å². The molecule has 2 rings (SSSR count). The van der Waals surface area contributed by atoms with Crippen LogP contribution in [0.2, 0.25) is 0 Å². The van der Waals surface area contributed by atoms with Crippen LogP contribution in [-0.2, 0) is 20.9 Å². The first-order valence-corrected chi connectivity index (χ1v) is 11.2. The van der Waals surface area contributed by atoms with Crippen molar-refractivity contribution in [2.45, 2.75) is 38.2 Å². The molecule has 1 aromatic rings. The molecule has 1 heterocycles. The number of rotatable bonds is 8. The predicted octanol–water partition coefficient (Wildman–Crippen LogP) is 7.70. The lowest BCUT2D eigenvalue weighted by Crippen LogP contribution is -2.30. The van der Waals surface area contributed by atoms with Crippen molar-refractivity contribution < 1.29 is 8.39 Å². The van der Waals surface area contributed by atoms with E-state index in [4.69, 9.17) is 4.18 Å². The Morgan fingerprint density at radius 1 is 0.833 bits per heavy atom. The van der Waals surface area contributed by atoms with Gasteiger partial charge in [-0.3, -0.25) is 4.18 Å². The summed E-state index contributed by atoms with van der Waals surface area (Å²) in [4.78, 5) is 0.649. The van der Waals surface area contributed by atoms with E-state index in [0.717, 1.165) is 16.7 Å². The molecular weight excluding hydrogens is 388 g/mol. The summed E-state index contributed by atoms with van der Waals surface area (Å²) in [5.74, 6) is 0. The van der Waals surface area contributed by atoms with Gasteiger partial charge >= 0.3 is 0 Å². The molecule has 1 atom stereocenters. The fraction of sp³-hybridized carbons (Fsp3) is 0.185. The molecule has 1 aliphatic heterocycles. The molecule has 0 bridgehead atoms. The molecule has 0 fully saturated rings. The van der Waals surface area contributed by atoms with Crippen LogP contribution in [0.15, 0.2) is 127 Å². The Hall–Kier alpha value is -2.75. The summed E-state index contributed by atoms with van der Waals surface area (Å²) in [7, 11) is 0. The number of allylic oxidation sites excluding steroid dienone is 8. The Kier molecular flexibility index (Phi) is 13.8. The number of hydrogen-bond donors (Lipinski definition) is 0. The second kappa shape index (κ2) is 15.1. The molecule has 0 saturated carbocycles. The van der Waals surface area contributed by atoms with Gasteiger partial charge in [0.15, 0.2) is 16.7 Å². The first-order valence-electron chi connectivity index (χ1n) is 10.1. The Bertz CT molecular complexity index is 827.